The average molecular weight is 340 g/mol. The van der Waals surface area contributed by atoms with E-state index in [-0.39, 0.29) is 43.6 Å². The fourth-order valence-electron chi connectivity index (χ4n) is 3.41. The van der Waals surface area contributed by atoms with Gasteiger partial charge >= 0.3 is 11.9 Å². The van der Waals surface area contributed by atoms with E-state index in [0.29, 0.717) is 6.47 Å². The lowest BCUT2D eigenvalue weighted by Crippen LogP contribution is -2.37. The summed E-state index contributed by atoms with van der Waals surface area (Å²) in [5.74, 6) is -0.455. The molecule has 0 bridgehead atoms. The van der Waals surface area contributed by atoms with Crippen LogP contribution < -0.4 is 0 Å². The topological polar surface area (TPSA) is 78.9 Å². The van der Waals surface area contributed by atoms with Gasteiger partial charge in [0.15, 0.2) is 0 Å². The lowest BCUT2D eigenvalue weighted by molar-refractivity contribution is -0.161. The number of carbonyl (C=O) groups excluding carboxylic acids is 3. The van der Waals surface area contributed by atoms with E-state index < -0.39 is 5.41 Å². The number of rotatable bonds is 9. The highest BCUT2D eigenvalue weighted by Crippen LogP contribution is 2.29. The van der Waals surface area contributed by atoms with Crippen LogP contribution in [0.15, 0.2) is 0 Å². The molecule has 0 N–H and O–H groups in total. The molecule has 136 valence electrons. The van der Waals surface area contributed by atoms with Gasteiger partial charge in [0.25, 0.3) is 6.47 Å². The van der Waals surface area contributed by atoms with E-state index in [1.807, 2.05) is 0 Å². The molecule has 0 radical (unpaired) electrons. The van der Waals surface area contributed by atoms with Gasteiger partial charge in [0, 0.05) is 0 Å². The largest absolute Gasteiger partial charge is 0.467 e. The minimum atomic E-state index is -0.719. The number of hydrogen-bond acceptors (Lipinski definition) is 6. The minimum absolute atomic E-state index is 0.0257. The molecule has 6 nitrogen and oxygen atoms in total. The van der Waals surface area contributed by atoms with Crippen LogP contribution in [0.5, 0.6) is 0 Å². The second-order valence-electron chi connectivity index (χ2n) is 7.40. The van der Waals surface area contributed by atoms with Crippen LogP contribution in [0.25, 0.3) is 0 Å². The van der Waals surface area contributed by atoms with Crippen molar-refractivity contribution in [3.8, 4) is 0 Å². The smallest absolute Gasteiger partial charge is 0.308 e. The third-order valence-corrected chi connectivity index (χ3v) is 5.00. The van der Waals surface area contributed by atoms with Gasteiger partial charge in [0.05, 0.1) is 17.3 Å². The molecule has 0 atom stereocenters. The third kappa shape index (κ3) is 5.49. The van der Waals surface area contributed by atoms with Gasteiger partial charge < -0.3 is 14.2 Å². The van der Waals surface area contributed by atoms with E-state index in [9.17, 15) is 14.4 Å². The van der Waals surface area contributed by atoms with Crippen LogP contribution in [0.2, 0.25) is 0 Å². The van der Waals surface area contributed by atoms with Gasteiger partial charge in [-0.2, -0.15) is 0 Å². The monoisotopic (exact) mass is 340 g/mol. The van der Waals surface area contributed by atoms with Gasteiger partial charge in [0.1, 0.15) is 19.8 Å². The van der Waals surface area contributed by atoms with E-state index >= 15 is 0 Å². The molecule has 0 heterocycles. The zero-order valence-electron chi connectivity index (χ0n) is 14.5. The third-order valence-electron chi connectivity index (χ3n) is 5.00. The Morgan fingerprint density at radius 3 is 1.67 bits per heavy atom. The second kappa shape index (κ2) is 9.04. The van der Waals surface area contributed by atoms with E-state index in [2.05, 4.69) is 0 Å². The summed E-state index contributed by atoms with van der Waals surface area (Å²) in [6.45, 7) is 2.35. The van der Waals surface area contributed by atoms with Crippen LogP contribution in [0.4, 0.5) is 0 Å². The molecule has 0 aromatic rings. The molecule has 6 heteroatoms. The quantitative estimate of drug-likeness (QED) is 0.365. The van der Waals surface area contributed by atoms with Crippen LogP contribution >= 0.6 is 0 Å². The van der Waals surface area contributed by atoms with E-state index in [1.165, 1.54) is 0 Å². The number of hydrogen-bond donors (Lipinski definition) is 0. The van der Waals surface area contributed by atoms with Crippen molar-refractivity contribution in [3.63, 3.8) is 0 Å². The fourth-order valence-corrected chi connectivity index (χ4v) is 3.41. The van der Waals surface area contributed by atoms with Crippen LogP contribution in [0.1, 0.15) is 58.3 Å². The molecule has 0 aromatic heterocycles. The Hall–Kier alpha value is -1.59. The number of carbonyl (C=O) groups is 3. The average Bonchev–Trinajstić information content (AvgIpc) is 3.29. The van der Waals surface area contributed by atoms with Crippen LogP contribution in [0, 0.1) is 17.3 Å². The minimum Gasteiger partial charge on any atom is -0.467 e. The van der Waals surface area contributed by atoms with Crippen molar-refractivity contribution < 1.29 is 28.6 Å². The maximum Gasteiger partial charge on any atom is 0.308 e. The van der Waals surface area contributed by atoms with E-state index in [4.69, 9.17) is 14.2 Å². The molecule has 2 fully saturated rings. The maximum atomic E-state index is 12.1. The fraction of sp³-hybridized carbons (Fsp3) is 0.833. The normalized spacial score (nSPS) is 19.2. The molecule has 0 aliphatic heterocycles. The van der Waals surface area contributed by atoms with Gasteiger partial charge in [-0.15, -0.1) is 0 Å². The van der Waals surface area contributed by atoms with Gasteiger partial charge in [-0.05, 0) is 32.6 Å². The Morgan fingerprint density at radius 1 is 0.875 bits per heavy atom. The molecule has 2 aliphatic rings. The highest BCUT2D eigenvalue weighted by molar-refractivity contribution is 5.73. The van der Waals surface area contributed by atoms with Gasteiger partial charge in [-0.3, -0.25) is 14.4 Å². The SMILES string of the molecule is CC(COC=O)(COC(=O)C1CCCC1)COC(=O)C1CCCC1. The molecule has 2 aliphatic carbocycles. The predicted octanol–water partition coefficient (Wildman–Crippen LogP) is 2.63. The van der Waals surface area contributed by atoms with E-state index in [1.54, 1.807) is 6.92 Å². The molecular formula is C18H28O6. The zero-order valence-corrected chi connectivity index (χ0v) is 14.5. The first-order chi connectivity index (χ1) is 11.5. The van der Waals surface area contributed by atoms with Crippen LogP contribution in [-0.4, -0.2) is 38.2 Å². The first kappa shape index (κ1) is 18.7. The molecule has 24 heavy (non-hydrogen) atoms. The molecule has 0 unspecified atom stereocenters. The highest BCUT2D eigenvalue weighted by atomic mass is 16.6. The molecule has 2 rings (SSSR count). The second-order valence-corrected chi connectivity index (χ2v) is 7.40. The standard InChI is InChI=1S/C18H28O6/c1-18(10-22-13-19,11-23-16(20)14-6-2-3-7-14)12-24-17(21)15-8-4-5-9-15/h13-15H,2-12H2,1H3. The number of esters is 2. The Kier molecular flexibility index (Phi) is 7.06. The predicted molar refractivity (Wildman–Crippen MR) is 86.0 cm³/mol. The summed E-state index contributed by atoms with van der Waals surface area (Å²) in [6.07, 6.45) is 7.73. The van der Waals surface area contributed by atoms with Crippen molar-refractivity contribution in [2.24, 2.45) is 17.3 Å². The van der Waals surface area contributed by atoms with Gasteiger partial charge in [-0.1, -0.05) is 25.7 Å². The Balaban J connectivity index is 1.82. The summed E-state index contributed by atoms with van der Waals surface area (Å²) in [5, 5.41) is 0. The summed E-state index contributed by atoms with van der Waals surface area (Å²) < 4.78 is 15.7. The molecular weight excluding hydrogens is 312 g/mol. The van der Waals surface area contributed by atoms with Crippen molar-refractivity contribution in [1.82, 2.24) is 0 Å². The first-order valence-electron chi connectivity index (χ1n) is 8.92. The molecule has 2 saturated carbocycles. The maximum absolute atomic E-state index is 12.1. The Morgan fingerprint density at radius 2 is 1.29 bits per heavy atom. The summed E-state index contributed by atoms with van der Waals surface area (Å²) in [4.78, 5) is 34.7. The first-order valence-corrected chi connectivity index (χ1v) is 8.92. The van der Waals surface area contributed by atoms with Crippen molar-refractivity contribution in [2.75, 3.05) is 19.8 Å². The molecule has 0 aromatic carbocycles. The summed E-state index contributed by atoms with van der Waals surface area (Å²) in [7, 11) is 0. The van der Waals surface area contributed by atoms with Crippen molar-refractivity contribution in [3.05, 3.63) is 0 Å². The van der Waals surface area contributed by atoms with Crippen LogP contribution in [-0.2, 0) is 28.6 Å². The summed E-state index contributed by atoms with van der Waals surface area (Å²) in [6, 6.07) is 0. The lowest BCUT2D eigenvalue weighted by atomic mass is 9.94. The van der Waals surface area contributed by atoms with Crippen molar-refractivity contribution >= 4 is 18.4 Å². The van der Waals surface area contributed by atoms with Gasteiger partial charge in [-0.25, -0.2) is 0 Å². The van der Waals surface area contributed by atoms with Crippen molar-refractivity contribution in [1.29, 1.82) is 0 Å². The lowest BCUT2D eigenvalue weighted by Gasteiger charge is -2.28. The zero-order chi connectivity index (χ0) is 17.4. The van der Waals surface area contributed by atoms with E-state index in [0.717, 1.165) is 51.4 Å². The Labute approximate surface area is 143 Å². The van der Waals surface area contributed by atoms with Crippen molar-refractivity contribution in [2.45, 2.75) is 58.3 Å². The summed E-state index contributed by atoms with van der Waals surface area (Å²) in [5.41, 5.74) is -0.719. The highest BCUT2D eigenvalue weighted by Gasteiger charge is 2.33. The molecule has 0 spiro atoms. The van der Waals surface area contributed by atoms with Crippen LogP contribution in [0.3, 0.4) is 0 Å². The van der Waals surface area contributed by atoms with Gasteiger partial charge in [0.2, 0.25) is 0 Å². The Bertz CT molecular complexity index is 403. The summed E-state index contributed by atoms with van der Waals surface area (Å²) >= 11 is 0. The number of ether oxygens (including phenoxy) is 3. The molecule has 0 saturated heterocycles. The molecule has 0 amide bonds.